The van der Waals surface area contributed by atoms with Crippen molar-refractivity contribution >= 4 is 23.0 Å². The Morgan fingerprint density at radius 2 is 1.86 bits per heavy atom. The molecule has 1 fully saturated rings. The van der Waals surface area contributed by atoms with Gasteiger partial charge in [0.15, 0.2) is 9.84 Å². The number of sulfone groups is 1. The van der Waals surface area contributed by atoms with Crippen LogP contribution in [0.4, 0.5) is 0 Å². The molecular formula is C28H35BO6S. The van der Waals surface area contributed by atoms with Gasteiger partial charge in [0, 0.05) is 6.32 Å². The van der Waals surface area contributed by atoms with E-state index in [4.69, 9.17) is 9.39 Å². The fourth-order valence-corrected chi connectivity index (χ4v) is 7.41. The molecule has 2 atom stereocenters. The Morgan fingerprint density at radius 3 is 2.53 bits per heavy atom. The maximum atomic E-state index is 13.0. The van der Waals surface area contributed by atoms with Crippen LogP contribution in [0, 0.1) is 13.8 Å². The van der Waals surface area contributed by atoms with Crippen LogP contribution in [0.5, 0.6) is 11.5 Å². The average Bonchev–Trinajstić information content (AvgIpc) is 3.10. The van der Waals surface area contributed by atoms with Crippen LogP contribution in [0.2, 0.25) is 6.32 Å². The van der Waals surface area contributed by atoms with Gasteiger partial charge in [-0.2, -0.15) is 0 Å². The minimum atomic E-state index is -3.41. The highest BCUT2D eigenvalue weighted by molar-refractivity contribution is 7.92. The number of phenolic OH excluding ortho intramolecular Hbond substituents is 1. The Hall–Kier alpha value is -2.55. The van der Waals surface area contributed by atoms with Crippen LogP contribution in [0.25, 0.3) is 6.08 Å². The molecule has 1 saturated heterocycles. The minimum absolute atomic E-state index is 0.0594. The van der Waals surface area contributed by atoms with E-state index in [9.17, 15) is 18.5 Å². The lowest BCUT2D eigenvalue weighted by molar-refractivity contribution is 0.168. The summed E-state index contributed by atoms with van der Waals surface area (Å²) in [6, 6.07) is 13.3. The highest BCUT2D eigenvalue weighted by atomic mass is 32.2. The van der Waals surface area contributed by atoms with Crippen molar-refractivity contribution in [1.82, 2.24) is 0 Å². The normalized spacial score (nSPS) is 21.6. The Balaban J connectivity index is 1.57. The van der Waals surface area contributed by atoms with Crippen LogP contribution in [0.15, 0.2) is 59.2 Å². The van der Waals surface area contributed by atoms with Crippen molar-refractivity contribution in [2.45, 2.75) is 64.1 Å². The number of phenols is 1. The molecule has 192 valence electrons. The predicted molar refractivity (Wildman–Crippen MR) is 144 cm³/mol. The van der Waals surface area contributed by atoms with Gasteiger partial charge in [-0.15, -0.1) is 0 Å². The highest BCUT2D eigenvalue weighted by Crippen LogP contribution is 2.40. The lowest BCUT2D eigenvalue weighted by Crippen LogP contribution is -2.42. The van der Waals surface area contributed by atoms with Gasteiger partial charge in [0.1, 0.15) is 18.1 Å². The Bertz CT molecular complexity index is 1230. The quantitative estimate of drug-likeness (QED) is 0.363. The van der Waals surface area contributed by atoms with Gasteiger partial charge in [-0.1, -0.05) is 43.2 Å². The first-order valence-corrected chi connectivity index (χ1v) is 14.3. The number of rotatable bonds is 9. The third-order valence-corrected chi connectivity index (χ3v) is 9.05. The van der Waals surface area contributed by atoms with Gasteiger partial charge in [0.2, 0.25) is 0 Å². The van der Waals surface area contributed by atoms with E-state index in [-0.39, 0.29) is 18.7 Å². The second-order valence-corrected chi connectivity index (χ2v) is 12.0. The van der Waals surface area contributed by atoms with Crippen molar-refractivity contribution in [2.75, 3.05) is 12.4 Å². The van der Waals surface area contributed by atoms with E-state index in [0.717, 1.165) is 40.7 Å². The zero-order valence-electron chi connectivity index (χ0n) is 21.2. The van der Waals surface area contributed by atoms with Gasteiger partial charge in [-0.05, 0) is 85.2 Å². The molecule has 2 aliphatic rings. The SMILES string of the molecule is CCC/C(=C\c1cc(C)c(O)c(C)c1)CC[C@H]1OB(O)C[C@H]2C1=C(COc1ccccc1)CS2(=O)=O. The van der Waals surface area contributed by atoms with Crippen molar-refractivity contribution in [3.05, 3.63) is 75.9 Å². The molecule has 2 N–H and O–H groups in total. The molecule has 0 bridgehead atoms. The molecule has 8 heteroatoms. The lowest BCUT2D eigenvalue weighted by Gasteiger charge is -2.32. The van der Waals surface area contributed by atoms with Crippen LogP contribution in [-0.2, 0) is 14.5 Å². The summed E-state index contributed by atoms with van der Waals surface area (Å²) in [7, 11) is -4.51. The van der Waals surface area contributed by atoms with Crippen molar-refractivity contribution < 1.29 is 27.9 Å². The summed E-state index contributed by atoms with van der Waals surface area (Å²) in [6.07, 6.45) is 4.91. The first-order chi connectivity index (χ1) is 17.2. The second-order valence-electron chi connectivity index (χ2n) is 9.87. The molecule has 2 heterocycles. The fraction of sp³-hybridized carbons (Fsp3) is 0.429. The van der Waals surface area contributed by atoms with E-state index in [2.05, 4.69) is 13.0 Å². The van der Waals surface area contributed by atoms with Crippen LogP contribution in [-0.4, -0.2) is 49.4 Å². The third kappa shape index (κ3) is 6.05. The highest BCUT2D eigenvalue weighted by Gasteiger charge is 2.48. The fourth-order valence-electron chi connectivity index (χ4n) is 5.31. The van der Waals surface area contributed by atoms with Crippen LogP contribution < -0.4 is 4.74 Å². The number of para-hydroxylation sites is 1. The molecule has 0 unspecified atom stereocenters. The van der Waals surface area contributed by atoms with Crippen LogP contribution in [0.3, 0.4) is 0 Å². The maximum absolute atomic E-state index is 13.0. The van der Waals surface area contributed by atoms with Gasteiger partial charge < -0.3 is 19.5 Å². The molecule has 0 amide bonds. The number of benzene rings is 2. The number of aromatic hydroxyl groups is 1. The molecule has 0 radical (unpaired) electrons. The van der Waals surface area contributed by atoms with E-state index < -0.39 is 28.3 Å². The van der Waals surface area contributed by atoms with Crippen molar-refractivity contribution in [3.8, 4) is 11.5 Å². The zero-order valence-corrected chi connectivity index (χ0v) is 22.1. The molecule has 2 aliphatic heterocycles. The first-order valence-electron chi connectivity index (χ1n) is 12.6. The lowest BCUT2D eigenvalue weighted by atomic mass is 9.74. The van der Waals surface area contributed by atoms with Crippen LogP contribution >= 0.6 is 0 Å². The first kappa shape index (κ1) is 26.5. The summed E-state index contributed by atoms with van der Waals surface area (Å²) in [4.78, 5) is 0. The molecule has 2 aromatic carbocycles. The van der Waals surface area contributed by atoms with E-state index in [1.807, 2.05) is 56.3 Å². The number of aryl methyl sites for hydroxylation is 2. The van der Waals surface area contributed by atoms with Gasteiger partial charge >= 0.3 is 7.12 Å². The molecule has 0 spiro atoms. The van der Waals surface area contributed by atoms with Crippen molar-refractivity contribution in [3.63, 3.8) is 0 Å². The summed E-state index contributed by atoms with van der Waals surface area (Å²) in [5.41, 5.74) is 5.44. The molecule has 0 aliphatic carbocycles. The van der Waals surface area contributed by atoms with Crippen LogP contribution in [0.1, 0.15) is 49.3 Å². The maximum Gasteiger partial charge on any atom is 0.456 e. The molecule has 4 rings (SSSR count). The molecule has 2 aromatic rings. The van der Waals surface area contributed by atoms with Crippen molar-refractivity contribution in [1.29, 1.82) is 0 Å². The van der Waals surface area contributed by atoms with E-state index in [1.54, 1.807) is 0 Å². The molecule has 0 saturated carbocycles. The van der Waals surface area contributed by atoms with Crippen molar-refractivity contribution in [2.24, 2.45) is 0 Å². The van der Waals surface area contributed by atoms with Gasteiger partial charge in [0.05, 0.1) is 17.1 Å². The molecule has 36 heavy (non-hydrogen) atoms. The van der Waals surface area contributed by atoms with Gasteiger partial charge in [-0.25, -0.2) is 8.42 Å². The minimum Gasteiger partial charge on any atom is -0.507 e. The molecular weight excluding hydrogens is 475 g/mol. The summed E-state index contributed by atoms with van der Waals surface area (Å²) >= 11 is 0. The summed E-state index contributed by atoms with van der Waals surface area (Å²) in [6.45, 7) is 6.10. The topological polar surface area (TPSA) is 93.1 Å². The standard InChI is InChI=1S/C28H35BO6S/c1-4-8-21(15-22-13-19(2)28(30)20(3)14-22)11-12-25-27-23(17-34-24-9-6-5-7-10-24)18-36(32,33)26(27)16-29(31)35-25/h5-7,9-10,13-15,25-26,30-31H,4,8,11-12,16-18H2,1-3H3/b21-15+/t25-,26+/m1/s1. The largest absolute Gasteiger partial charge is 0.507 e. The van der Waals surface area contributed by atoms with Gasteiger partial charge in [0.25, 0.3) is 0 Å². The zero-order chi connectivity index (χ0) is 25.9. The Kier molecular flexibility index (Phi) is 8.28. The van der Waals surface area contributed by atoms with Gasteiger partial charge in [-0.3, -0.25) is 0 Å². The number of hydrogen-bond acceptors (Lipinski definition) is 6. The Labute approximate surface area is 214 Å². The Morgan fingerprint density at radius 1 is 1.17 bits per heavy atom. The number of hydrogen-bond donors (Lipinski definition) is 2. The van der Waals surface area contributed by atoms with E-state index >= 15 is 0 Å². The number of ether oxygens (including phenoxy) is 1. The summed E-state index contributed by atoms with van der Waals surface area (Å²) < 4.78 is 37.8. The molecule has 0 aromatic heterocycles. The number of fused-ring (bicyclic) bond motifs is 1. The number of allylic oxidation sites excluding steroid dienone is 1. The van der Waals surface area contributed by atoms with E-state index in [0.29, 0.717) is 24.3 Å². The second kappa shape index (κ2) is 11.2. The molecule has 6 nitrogen and oxygen atoms in total. The average molecular weight is 510 g/mol. The van der Waals surface area contributed by atoms with E-state index in [1.165, 1.54) is 5.57 Å². The third-order valence-electron chi connectivity index (χ3n) is 6.99. The predicted octanol–water partition coefficient (Wildman–Crippen LogP) is 5.02. The summed E-state index contributed by atoms with van der Waals surface area (Å²) in [5, 5.41) is 19.8. The summed E-state index contributed by atoms with van der Waals surface area (Å²) in [5.74, 6) is 0.947. The monoisotopic (exact) mass is 510 g/mol. The smallest absolute Gasteiger partial charge is 0.456 e.